The molecule has 0 aliphatic heterocycles. The summed E-state index contributed by atoms with van der Waals surface area (Å²) < 4.78 is 0. The van der Waals surface area contributed by atoms with E-state index in [0.717, 1.165) is 11.8 Å². The molecule has 2 aromatic rings. The summed E-state index contributed by atoms with van der Waals surface area (Å²) in [7, 11) is 0. The van der Waals surface area contributed by atoms with Crippen molar-refractivity contribution in [1.82, 2.24) is 4.98 Å². The topological polar surface area (TPSA) is 12.9 Å². The van der Waals surface area contributed by atoms with Crippen molar-refractivity contribution in [1.29, 1.82) is 0 Å². The van der Waals surface area contributed by atoms with E-state index in [9.17, 15) is 0 Å². The summed E-state index contributed by atoms with van der Waals surface area (Å²) in [5.41, 5.74) is 3.08. The van der Waals surface area contributed by atoms with E-state index in [1.54, 1.807) is 5.57 Å². The molecule has 2 bridgehead atoms. The van der Waals surface area contributed by atoms with E-state index in [2.05, 4.69) is 35.3 Å². The molecule has 2 saturated carbocycles. The number of hydrogen-bond donors (Lipinski definition) is 0. The lowest BCUT2D eigenvalue weighted by atomic mass is 9.61. The highest BCUT2D eigenvalue weighted by Crippen LogP contribution is 2.50. The number of pyridine rings is 1. The largest absolute Gasteiger partial charge is 0.264 e. The Kier molecular flexibility index (Phi) is 2.26. The summed E-state index contributed by atoms with van der Waals surface area (Å²) in [6, 6.07) is 8.80. The zero-order valence-electron chi connectivity index (χ0n) is 10.5. The highest BCUT2D eigenvalue weighted by Gasteiger charge is 2.37. The van der Waals surface area contributed by atoms with Crippen molar-refractivity contribution >= 4 is 16.8 Å². The van der Waals surface area contributed by atoms with E-state index in [1.165, 1.54) is 42.0 Å². The molecule has 0 saturated heterocycles. The number of aromatic nitrogens is 1. The minimum atomic E-state index is 0.900. The van der Waals surface area contributed by atoms with Crippen molar-refractivity contribution in [2.45, 2.75) is 25.7 Å². The number of allylic oxidation sites excluding steroid dienone is 1. The Bertz CT molecular complexity index is 610. The molecule has 4 rings (SSSR count). The van der Waals surface area contributed by atoms with Crippen molar-refractivity contribution < 1.29 is 0 Å². The van der Waals surface area contributed by atoms with Crippen molar-refractivity contribution in [3.8, 4) is 0 Å². The van der Waals surface area contributed by atoms with Crippen LogP contribution < -0.4 is 0 Å². The Morgan fingerprint density at radius 1 is 1.06 bits per heavy atom. The molecule has 1 nitrogen and oxygen atoms in total. The third kappa shape index (κ3) is 1.58. The fourth-order valence-electron chi connectivity index (χ4n) is 3.59. The van der Waals surface area contributed by atoms with Gasteiger partial charge in [-0.1, -0.05) is 30.2 Å². The van der Waals surface area contributed by atoms with Crippen LogP contribution >= 0.6 is 0 Å². The molecule has 1 heterocycles. The van der Waals surface area contributed by atoms with Crippen LogP contribution in [0, 0.1) is 11.8 Å². The van der Waals surface area contributed by atoms with E-state index in [1.807, 2.05) is 12.4 Å². The summed E-state index contributed by atoms with van der Waals surface area (Å²) >= 11 is 0. The van der Waals surface area contributed by atoms with Gasteiger partial charge in [-0.2, -0.15) is 0 Å². The van der Waals surface area contributed by atoms with Crippen LogP contribution in [-0.4, -0.2) is 4.98 Å². The van der Waals surface area contributed by atoms with Crippen LogP contribution in [0.5, 0.6) is 0 Å². The van der Waals surface area contributed by atoms with Gasteiger partial charge in [0.2, 0.25) is 0 Å². The Morgan fingerprint density at radius 3 is 2.78 bits per heavy atom. The van der Waals surface area contributed by atoms with Crippen LogP contribution in [0.15, 0.2) is 42.2 Å². The fraction of sp³-hybridized carbons (Fsp3) is 0.353. The van der Waals surface area contributed by atoms with Gasteiger partial charge in [-0.25, -0.2) is 0 Å². The van der Waals surface area contributed by atoms with E-state index in [4.69, 9.17) is 0 Å². The summed E-state index contributed by atoms with van der Waals surface area (Å²) in [5, 5.41) is 2.53. The molecule has 18 heavy (non-hydrogen) atoms. The van der Waals surface area contributed by atoms with E-state index >= 15 is 0 Å². The van der Waals surface area contributed by atoms with Crippen molar-refractivity contribution in [2.75, 3.05) is 0 Å². The van der Waals surface area contributed by atoms with Crippen LogP contribution in [-0.2, 0) is 0 Å². The zero-order valence-corrected chi connectivity index (χ0v) is 10.5. The minimum Gasteiger partial charge on any atom is -0.264 e. The number of hydrogen-bond acceptors (Lipinski definition) is 1. The lowest BCUT2D eigenvalue weighted by Gasteiger charge is -2.44. The zero-order chi connectivity index (χ0) is 11.9. The van der Waals surface area contributed by atoms with Gasteiger partial charge in [-0.15, -0.1) is 0 Å². The molecular formula is C17H17N. The van der Waals surface area contributed by atoms with Crippen molar-refractivity contribution in [3.63, 3.8) is 0 Å². The highest BCUT2D eigenvalue weighted by atomic mass is 14.6. The molecular weight excluding hydrogens is 218 g/mol. The Balaban J connectivity index is 1.73. The quantitative estimate of drug-likeness (QED) is 0.712. The molecule has 90 valence electrons. The van der Waals surface area contributed by atoms with Crippen LogP contribution in [0.3, 0.4) is 0 Å². The average molecular weight is 235 g/mol. The molecule has 2 fully saturated rings. The summed E-state index contributed by atoms with van der Waals surface area (Å²) in [5.74, 6) is 1.80. The van der Waals surface area contributed by atoms with Gasteiger partial charge in [0.05, 0.1) is 0 Å². The van der Waals surface area contributed by atoms with Gasteiger partial charge in [0, 0.05) is 17.8 Å². The maximum absolute atomic E-state index is 4.16. The molecule has 1 aromatic carbocycles. The predicted octanol–water partition coefficient (Wildman–Crippen LogP) is 4.44. The molecule has 2 aliphatic rings. The van der Waals surface area contributed by atoms with Gasteiger partial charge in [-0.3, -0.25) is 4.98 Å². The Labute approximate surface area is 108 Å². The first-order valence-electron chi connectivity index (χ1n) is 6.95. The first kappa shape index (κ1) is 10.3. The van der Waals surface area contributed by atoms with Crippen LogP contribution in [0.1, 0.15) is 31.2 Å². The van der Waals surface area contributed by atoms with Gasteiger partial charge in [0.15, 0.2) is 0 Å². The second-order valence-electron chi connectivity index (χ2n) is 5.69. The number of benzene rings is 1. The first-order chi connectivity index (χ1) is 8.90. The van der Waals surface area contributed by atoms with Gasteiger partial charge in [0.1, 0.15) is 0 Å². The predicted molar refractivity (Wildman–Crippen MR) is 75.2 cm³/mol. The SMILES string of the molecule is C(=C1C2CCCC1C2)c1ccc2cnccc2c1. The third-order valence-corrected chi connectivity index (χ3v) is 4.61. The molecule has 0 amide bonds. The summed E-state index contributed by atoms with van der Waals surface area (Å²) in [6.45, 7) is 0. The van der Waals surface area contributed by atoms with Crippen molar-refractivity contribution in [2.24, 2.45) is 11.8 Å². The van der Waals surface area contributed by atoms with Gasteiger partial charge in [0.25, 0.3) is 0 Å². The molecule has 1 aromatic heterocycles. The van der Waals surface area contributed by atoms with Crippen LogP contribution in [0.2, 0.25) is 0 Å². The van der Waals surface area contributed by atoms with Crippen LogP contribution in [0.25, 0.3) is 16.8 Å². The molecule has 0 spiro atoms. The molecule has 1 heteroatoms. The fourth-order valence-corrected chi connectivity index (χ4v) is 3.59. The van der Waals surface area contributed by atoms with Crippen LogP contribution in [0.4, 0.5) is 0 Å². The second kappa shape index (κ2) is 3.94. The van der Waals surface area contributed by atoms with Gasteiger partial charge >= 0.3 is 0 Å². The average Bonchev–Trinajstić information content (AvgIpc) is 2.45. The lowest BCUT2D eigenvalue weighted by Crippen LogP contribution is -2.32. The molecule has 2 atom stereocenters. The smallest absolute Gasteiger partial charge is 0.0346 e. The number of fused-ring (bicyclic) bond motifs is 3. The monoisotopic (exact) mass is 235 g/mol. The lowest BCUT2D eigenvalue weighted by molar-refractivity contribution is 0.218. The second-order valence-corrected chi connectivity index (χ2v) is 5.69. The van der Waals surface area contributed by atoms with E-state index < -0.39 is 0 Å². The maximum Gasteiger partial charge on any atom is 0.0346 e. The Hall–Kier alpha value is -1.63. The van der Waals surface area contributed by atoms with Crippen molar-refractivity contribution in [3.05, 3.63) is 47.8 Å². The van der Waals surface area contributed by atoms with Gasteiger partial charge < -0.3 is 0 Å². The molecule has 2 unspecified atom stereocenters. The first-order valence-corrected chi connectivity index (χ1v) is 6.95. The number of nitrogens with zero attached hydrogens (tertiary/aromatic N) is 1. The number of rotatable bonds is 1. The summed E-state index contributed by atoms with van der Waals surface area (Å²) in [6.07, 6.45) is 12.0. The molecule has 2 aliphatic carbocycles. The van der Waals surface area contributed by atoms with E-state index in [-0.39, 0.29) is 0 Å². The normalized spacial score (nSPS) is 25.9. The standard InChI is InChI=1S/C17H17N/c1-2-14-10-15(3-1)17(14)9-12-4-5-16-11-18-7-6-13(16)8-12/h4-9,11,14-15H,1-3,10H2. The van der Waals surface area contributed by atoms with Gasteiger partial charge in [-0.05, 0) is 54.2 Å². The maximum atomic E-state index is 4.16. The van der Waals surface area contributed by atoms with E-state index in [0.29, 0.717) is 0 Å². The summed E-state index contributed by atoms with van der Waals surface area (Å²) in [4.78, 5) is 4.16. The Morgan fingerprint density at radius 2 is 1.94 bits per heavy atom. The third-order valence-electron chi connectivity index (χ3n) is 4.61. The molecule has 0 N–H and O–H groups in total. The molecule has 0 radical (unpaired) electrons. The minimum absolute atomic E-state index is 0.900. The highest BCUT2D eigenvalue weighted by molar-refractivity contribution is 5.84.